The molecule has 1 heterocycles. The number of para-hydroxylation sites is 1. The number of nitrogens with one attached hydrogen (secondary N) is 2. The number of anilines is 3. The highest BCUT2D eigenvalue weighted by atomic mass is 16.2. The van der Waals surface area contributed by atoms with E-state index in [0.29, 0.717) is 47.9 Å². The van der Waals surface area contributed by atoms with E-state index in [2.05, 4.69) is 51.6 Å². The molecule has 226 valence electrons. The van der Waals surface area contributed by atoms with Crippen molar-refractivity contribution >= 4 is 34.7 Å². The van der Waals surface area contributed by atoms with E-state index >= 15 is 0 Å². The number of ketones is 1. The maximum absolute atomic E-state index is 13.3. The number of rotatable bonds is 9. The Morgan fingerprint density at radius 2 is 1.51 bits per heavy atom. The number of amides is 2. The molecule has 2 amide bonds. The molecule has 43 heavy (non-hydrogen) atoms. The summed E-state index contributed by atoms with van der Waals surface area (Å²) >= 11 is 0. The van der Waals surface area contributed by atoms with Gasteiger partial charge in [-0.15, -0.1) is 0 Å². The van der Waals surface area contributed by atoms with Gasteiger partial charge in [0, 0.05) is 62.4 Å². The first-order chi connectivity index (χ1) is 20.9. The summed E-state index contributed by atoms with van der Waals surface area (Å²) in [5.74, 6) is 0.457. The Balaban J connectivity index is 1.27. The topological polar surface area (TPSA) is 81.8 Å². The Morgan fingerprint density at radius 1 is 0.814 bits per heavy atom. The summed E-state index contributed by atoms with van der Waals surface area (Å²) in [5, 5.41) is 6.16. The lowest BCUT2D eigenvalue weighted by Crippen LogP contribution is -2.47. The number of hydrogen-bond acceptors (Lipinski definition) is 5. The molecule has 0 radical (unpaired) electrons. The molecule has 1 saturated heterocycles. The molecule has 5 rings (SSSR count). The molecule has 0 aromatic heterocycles. The third kappa shape index (κ3) is 8.04. The van der Waals surface area contributed by atoms with Crippen LogP contribution in [0, 0.1) is 19.8 Å². The number of carbonyl (C=O) groups excluding carboxylic acids is 3. The second kappa shape index (κ2) is 14.4. The van der Waals surface area contributed by atoms with Crippen molar-refractivity contribution in [3.05, 3.63) is 89.0 Å². The van der Waals surface area contributed by atoms with Gasteiger partial charge in [-0.1, -0.05) is 48.7 Å². The van der Waals surface area contributed by atoms with Crippen LogP contribution < -0.4 is 20.4 Å². The highest BCUT2D eigenvalue weighted by molar-refractivity contribution is 6.07. The molecular weight excluding hydrogens is 536 g/mol. The van der Waals surface area contributed by atoms with Gasteiger partial charge >= 0.3 is 0 Å². The summed E-state index contributed by atoms with van der Waals surface area (Å²) < 4.78 is 0. The maximum atomic E-state index is 13.3. The Labute approximate surface area is 255 Å². The van der Waals surface area contributed by atoms with Gasteiger partial charge in [-0.25, -0.2) is 0 Å². The zero-order valence-corrected chi connectivity index (χ0v) is 25.5. The molecule has 1 unspecified atom stereocenters. The predicted molar refractivity (Wildman–Crippen MR) is 174 cm³/mol. The highest BCUT2D eigenvalue weighted by Crippen LogP contribution is 2.31. The van der Waals surface area contributed by atoms with Crippen molar-refractivity contribution in [2.24, 2.45) is 5.92 Å². The number of hydrogen-bond donors (Lipinski definition) is 2. The Morgan fingerprint density at radius 3 is 2.26 bits per heavy atom. The molecule has 2 aliphatic rings. The van der Waals surface area contributed by atoms with E-state index in [4.69, 9.17) is 0 Å². The van der Waals surface area contributed by atoms with Crippen molar-refractivity contribution in [1.82, 2.24) is 5.32 Å². The third-order valence-corrected chi connectivity index (χ3v) is 8.81. The van der Waals surface area contributed by atoms with Crippen LogP contribution in [0.3, 0.4) is 0 Å². The molecule has 1 atom stereocenters. The Kier molecular flexibility index (Phi) is 10.1. The van der Waals surface area contributed by atoms with Crippen LogP contribution in [-0.4, -0.2) is 50.3 Å². The minimum atomic E-state index is -0.199. The first-order valence-electron chi connectivity index (χ1n) is 15.7. The molecule has 2 N–H and O–H groups in total. The quantitative estimate of drug-likeness (QED) is 0.222. The number of piperazine rings is 1. The van der Waals surface area contributed by atoms with Gasteiger partial charge in [0.1, 0.15) is 5.78 Å². The van der Waals surface area contributed by atoms with Gasteiger partial charge in [-0.05, 0) is 81.0 Å². The fourth-order valence-corrected chi connectivity index (χ4v) is 6.28. The van der Waals surface area contributed by atoms with Crippen molar-refractivity contribution in [3.63, 3.8) is 0 Å². The van der Waals surface area contributed by atoms with Gasteiger partial charge in [0.15, 0.2) is 0 Å². The Hall–Kier alpha value is -4.13. The Bertz CT molecular complexity index is 1430. The largest absolute Gasteiger partial charge is 0.368 e. The van der Waals surface area contributed by atoms with Crippen molar-refractivity contribution in [1.29, 1.82) is 0 Å². The summed E-state index contributed by atoms with van der Waals surface area (Å²) in [7, 11) is 0. The minimum Gasteiger partial charge on any atom is -0.368 e. The van der Waals surface area contributed by atoms with Gasteiger partial charge in [0.25, 0.3) is 11.8 Å². The van der Waals surface area contributed by atoms with Crippen molar-refractivity contribution < 1.29 is 14.4 Å². The summed E-state index contributed by atoms with van der Waals surface area (Å²) in [6, 6.07) is 21.6. The van der Waals surface area contributed by atoms with Crippen LogP contribution >= 0.6 is 0 Å². The molecule has 3 aromatic carbocycles. The molecule has 1 aliphatic carbocycles. The average molecular weight is 581 g/mol. The molecule has 0 spiro atoms. The van der Waals surface area contributed by atoms with Gasteiger partial charge in [0.05, 0.1) is 11.4 Å². The number of carbonyl (C=O) groups is 3. The van der Waals surface area contributed by atoms with Crippen LogP contribution in [0.5, 0.6) is 0 Å². The molecule has 2 fully saturated rings. The van der Waals surface area contributed by atoms with E-state index in [1.165, 1.54) is 11.3 Å². The van der Waals surface area contributed by atoms with Crippen LogP contribution in [0.2, 0.25) is 0 Å². The van der Waals surface area contributed by atoms with E-state index in [1.807, 2.05) is 43.3 Å². The third-order valence-electron chi connectivity index (χ3n) is 8.81. The zero-order chi connectivity index (χ0) is 30.2. The number of benzene rings is 3. The predicted octanol–water partition coefficient (Wildman–Crippen LogP) is 6.54. The SMILES string of the molecule is Cc1ccc(C(=O)Nc2cc(C(=O)NCCCC3CCCCC(=O)C3)ccc2N2CCN(c3ccccc3C)CC2)cc1. The summed E-state index contributed by atoms with van der Waals surface area (Å²) in [6.45, 7) is 8.04. The lowest BCUT2D eigenvalue weighted by molar-refractivity contribution is -0.119. The number of nitrogens with zero attached hydrogens (tertiary/aromatic N) is 2. The average Bonchev–Trinajstić information content (AvgIpc) is 3.23. The summed E-state index contributed by atoms with van der Waals surface area (Å²) in [6.07, 6.45) is 6.43. The van der Waals surface area contributed by atoms with Crippen molar-refractivity contribution in [2.75, 3.05) is 47.8 Å². The molecule has 7 nitrogen and oxygen atoms in total. The minimum absolute atomic E-state index is 0.154. The molecule has 3 aromatic rings. The van der Waals surface area contributed by atoms with Crippen LogP contribution in [-0.2, 0) is 4.79 Å². The molecule has 7 heteroatoms. The molecular formula is C36H44N4O3. The smallest absolute Gasteiger partial charge is 0.255 e. The molecule has 1 saturated carbocycles. The first kappa shape index (κ1) is 30.3. The summed E-state index contributed by atoms with van der Waals surface area (Å²) in [4.78, 5) is 43.1. The fourth-order valence-electron chi connectivity index (χ4n) is 6.28. The van der Waals surface area contributed by atoms with Crippen LogP contribution in [0.4, 0.5) is 17.1 Å². The fraction of sp³-hybridized carbons (Fsp3) is 0.417. The van der Waals surface area contributed by atoms with Gasteiger partial charge < -0.3 is 20.4 Å². The van der Waals surface area contributed by atoms with E-state index in [9.17, 15) is 14.4 Å². The second-order valence-corrected chi connectivity index (χ2v) is 12.1. The first-order valence-corrected chi connectivity index (χ1v) is 15.7. The monoisotopic (exact) mass is 580 g/mol. The second-order valence-electron chi connectivity index (χ2n) is 12.1. The maximum Gasteiger partial charge on any atom is 0.255 e. The normalized spacial score (nSPS) is 17.3. The van der Waals surface area contributed by atoms with E-state index in [0.717, 1.165) is 69.5 Å². The van der Waals surface area contributed by atoms with Gasteiger partial charge in [-0.3, -0.25) is 14.4 Å². The van der Waals surface area contributed by atoms with Crippen molar-refractivity contribution in [3.8, 4) is 0 Å². The van der Waals surface area contributed by atoms with Crippen LogP contribution in [0.15, 0.2) is 66.7 Å². The standard InChI is InChI=1S/C36H44N4O3/c1-26-13-15-29(16-14-26)36(43)38-32-25-30(35(42)37-19-7-10-28-9-4-5-11-31(41)24-28)17-18-34(32)40-22-20-39(21-23-40)33-12-6-3-8-27(33)2/h3,6,8,12-18,25,28H,4-5,7,9-11,19-24H2,1-2H3,(H,37,42)(H,38,43). The van der Waals surface area contributed by atoms with Crippen LogP contribution in [0.25, 0.3) is 0 Å². The zero-order valence-electron chi connectivity index (χ0n) is 25.5. The lowest BCUT2D eigenvalue weighted by atomic mass is 9.94. The van der Waals surface area contributed by atoms with Gasteiger partial charge in [-0.2, -0.15) is 0 Å². The van der Waals surface area contributed by atoms with E-state index < -0.39 is 0 Å². The van der Waals surface area contributed by atoms with Gasteiger partial charge in [0.2, 0.25) is 0 Å². The van der Waals surface area contributed by atoms with E-state index in [-0.39, 0.29) is 11.8 Å². The number of aryl methyl sites for hydroxylation is 2. The summed E-state index contributed by atoms with van der Waals surface area (Å²) in [5.41, 5.74) is 6.26. The number of Topliss-reactive ketones (excluding diaryl/α,β-unsaturated/α-hetero) is 1. The van der Waals surface area contributed by atoms with Crippen molar-refractivity contribution in [2.45, 2.75) is 58.8 Å². The molecule has 0 bridgehead atoms. The molecule has 1 aliphatic heterocycles. The highest BCUT2D eigenvalue weighted by Gasteiger charge is 2.23. The van der Waals surface area contributed by atoms with E-state index in [1.54, 1.807) is 6.07 Å². The lowest BCUT2D eigenvalue weighted by Gasteiger charge is -2.38. The van der Waals surface area contributed by atoms with Crippen LogP contribution in [0.1, 0.15) is 76.8 Å².